The number of carbonyl (C=O) groups is 1. The number of phenols is 1. The second-order valence-electron chi connectivity index (χ2n) is 12.0. The maximum Gasteiger partial charge on any atom is 0.185 e. The van der Waals surface area contributed by atoms with Crippen LogP contribution in [0.3, 0.4) is 0 Å². The summed E-state index contributed by atoms with van der Waals surface area (Å²) in [5.41, 5.74) is 3.44. The normalized spacial score (nSPS) is 12.3. The Morgan fingerprint density at radius 2 is 1.00 bits per heavy atom. The Labute approximate surface area is 210 Å². The van der Waals surface area contributed by atoms with Crippen LogP contribution < -0.4 is 0 Å². The lowest BCUT2D eigenvalue weighted by atomic mass is 9.78. The molecule has 1 aromatic rings. The largest absolute Gasteiger partial charge is 0.507 e. The van der Waals surface area contributed by atoms with Crippen LogP contribution >= 0.6 is 12.6 Å². The zero-order chi connectivity index (χ0) is 24.9. The first-order chi connectivity index (χ1) is 15.4. The summed E-state index contributed by atoms with van der Waals surface area (Å²) >= 11 is 3.81. The highest BCUT2D eigenvalue weighted by atomic mass is 32.1. The van der Waals surface area contributed by atoms with E-state index in [0.29, 0.717) is 12.2 Å². The Hall–Kier alpha value is -0.960. The molecule has 0 spiro atoms. The van der Waals surface area contributed by atoms with Gasteiger partial charge in [-0.05, 0) is 46.8 Å². The molecule has 0 aliphatic heterocycles. The average Bonchev–Trinajstić information content (AvgIpc) is 2.69. The molecular weight excluding hydrogens is 424 g/mol. The fraction of sp³-hybridized carbons (Fsp3) is 0.767. The topological polar surface area (TPSA) is 37.3 Å². The van der Waals surface area contributed by atoms with Crippen molar-refractivity contribution in [2.24, 2.45) is 0 Å². The molecule has 190 valence electrons. The molecule has 0 saturated carbocycles. The van der Waals surface area contributed by atoms with E-state index < -0.39 is 0 Å². The van der Waals surface area contributed by atoms with Gasteiger partial charge in [-0.3, -0.25) is 4.79 Å². The van der Waals surface area contributed by atoms with Gasteiger partial charge in [0.25, 0.3) is 0 Å². The molecule has 0 fully saturated rings. The maximum atomic E-state index is 10.9. The van der Waals surface area contributed by atoms with Crippen molar-refractivity contribution in [2.75, 3.05) is 0 Å². The molecule has 1 N–H and O–H groups in total. The number of aromatic hydroxyl groups is 1. The minimum Gasteiger partial charge on any atom is -0.507 e. The Bertz CT molecular complexity index is 659. The summed E-state index contributed by atoms with van der Waals surface area (Å²) in [4.78, 5) is 10.8. The van der Waals surface area contributed by atoms with Crippen LogP contribution in [-0.2, 0) is 22.0 Å². The van der Waals surface area contributed by atoms with E-state index >= 15 is 0 Å². The van der Waals surface area contributed by atoms with Crippen LogP contribution in [0.2, 0.25) is 0 Å². The lowest BCUT2D eigenvalue weighted by Gasteiger charge is -2.28. The summed E-state index contributed by atoms with van der Waals surface area (Å²) < 4.78 is 0. The van der Waals surface area contributed by atoms with E-state index in [1.807, 2.05) is 0 Å². The summed E-state index contributed by atoms with van der Waals surface area (Å²) in [5.74, 6) is 0.490. The molecule has 1 aromatic carbocycles. The SMILES string of the molecule is CC(C)(C)c1cc(CCCCCCCCCCCCCCCC(=O)S)cc(C(C)(C)C)c1O. The molecule has 0 aliphatic carbocycles. The minimum atomic E-state index is -0.0488. The number of carbonyl (C=O) groups excluding carboxylic acids is 1. The first kappa shape index (κ1) is 30.1. The van der Waals surface area contributed by atoms with Crippen molar-refractivity contribution in [3.63, 3.8) is 0 Å². The molecule has 0 aliphatic rings. The first-order valence-corrected chi connectivity index (χ1v) is 14.0. The van der Waals surface area contributed by atoms with Gasteiger partial charge >= 0.3 is 0 Å². The van der Waals surface area contributed by atoms with Gasteiger partial charge in [-0.2, -0.15) is 0 Å². The molecule has 0 amide bonds. The van der Waals surface area contributed by atoms with E-state index in [1.54, 1.807) is 0 Å². The van der Waals surface area contributed by atoms with Crippen LogP contribution in [0, 0.1) is 0 Å². The van der Waals surface area contributed by atoms with Crippen molar-refractivity contribution in [1.82, 2.24) is 0 Å². The van der Waals surface area contributed by atoms with Crippen LogP contribution in [0.25, 0.3) is 0 Å². The third-order valence-corrected chi connectivity index (χ3v) is 6.87. The Morgan fingerprint density at radius 3 is 1.33 bits per heavy atom. The zero-order valence-electron chi connectivity index (χ0n) is 22.6. The van der Waals surface area contributed by atoms with Gasteiger partial charge in [0.05, 0.1) is 0 Å². The third kappa shape index (κ3) is 12.9. The van der Waals surface area contributed by atoms with Crippen molar-refractivity contribution >= 4 is 17.7 Å². The highest BCUT2D eigenvalue weighted by Gasteiger charge is 2.26. The summed E-state index contributed by atoms with van der Waals surface area (Å²) in [6.45, 7) is 13.1. The molecule has 33 heavy (non-hydrogen) atoms. The van der Waals surface area contributed by atoms with Crippen molar-refractivity contribution in [2.45, 2.75) is 149 Å². The van der Waals surface area contributed by atoms with E-state index in [-0.39, 0.29) is 15.9 Å². The van der Waals surface area contributed by atoms with Crippen LogP contribution in [-0.4, -0.2) is 10.2 Å². The molecule has 0 radical (unpaired) electrons. The molecular formula is C30H52O2S. The number of rotatable bonds is 16. The average molecular weight is 477 g/mol. The van der Waals surface area contributed by atoms with E-state index in [2.05, 4.69) is 66.3 Å². The molecule has 0 unspecified atom stereocenters. The number of aryl methyl sites for hydroxylation is 1. The third-order valence-electron chi connectivity index (χ3n) is 6.64. The number of thiol groups is 1. The highest BCUT2D eigenvalue weighted by molar-refractivity contribution is 7.96. The van der Waals surface area contributed by atoms with Gasteiger partial charge in [0.1, 0.15) is 5.75 Å². The fourth-order valence-electron chi connectivity index (χ4n) is 4.53. The quantitative estimate of drug-likeness (QED) is 0.184. The molecule has 0 bridgehead atoms. The molecule has 0 atom stereocenters. The molecule has 0 heterocycles. The maximum absolute atomic E-state index is 10.9. The second kappa shape index (κ2) is 15.1. The predicted molar refractivity (Wildman–Crippen MR) is 148 cm³/mol. The van der Waals surface area contributed by atoms with Gasteiger partial charge in [-0.1, -0.05) is 124 Å². The summed E-state index contributed by atoms with van der Waals surface area (Å²) in [6, 6.07) is 4.48. The first-order valence-electron chi connectivity index (χ1n) is 13.5. The van der Waals surface area contributed by atoms with Gasteiger partial charge in [-0.25, -0.2) is 0 Å². The van der Waals surface area contributed by atoms with E-state index in [1.165, 1.54) is 82.6 Å². The number of unbranched alkanes of at least 4 members (excludes halogenated alkanes) is 12. The van der Waals surface area contributed by atoms with Gasteiger partial charge < -0.3 is 5.11 Å². The minimum absolute atomic E-state index is 0.0275. The number of benzene rings is 1. The number of phenolic OH excluding ortho intramolecular Hbond substituents is 1. The summed E-state index contributed by atoms with van der Waals surface area (Å²) in [7, 11) is 0. The van der Waals surface area contributed by atoms with Crippen molar-refractivity contribution in [3.05, 3.63) is 28.8 Å². The zero-order valence-corrected chi connectivity index (χ0v) is 23.5. The van der Waals surface area contributed by atoms with Crippen molar-refractivity contribution < 1.29 is 9.90 Å². The van der Waals surface area contributed by atoms with Crippen LogP contribution in [0.15, 0.2) is 12.1 Å². The van der Waals surface area contributed by atoms with E-state index in [4.69, 9.17) is 0 Å². The molecule has 0 saturated heterocycles. The summed E-state index contributed by atoms with van der Waals surface area (Å²) in [6.07, 6.45) is 18.5. The van der Waals surface area contributed by atoms with Crippen LogP contribution in [0.1, 0.15) is 148 Å². The van der Waals surface area contributed by atoms with E-state index in [9.17, 15) is 9.90 Å². The number of hydrogen-bond acceptors (Lipinski definition) is 2. The second-order valence-corrected chi connectivity index (χ2v) is 12.5. The van der Waals surface area contributed by atoms with Crippen LogP contribution in [0.4, 0.5) is 0 Å². The highest BCUT2D eigenvalue weighted by Crippen LogP contribution is 2.40. The Balaban J connectivity index is 2.20. The fourth-order valence-corrected chi connectivity index (χ4v) is 4.69. The lowest BCUT2D eigenvalue weighted by molar-refractivity contribution is -0.110. The number of hydrogen-bond donors (Lipinski definition) is 2. The molecule has 1 rings (SSSR count). The monoisotopic (exact) mass is 476 g/mol. The van der Waals surface area contributed by atoms with Crippen molar-refractivity contribution in [3.8, 4) is 5.75 Å². The Morgan fingerprint density at radius 1 is 0.667 bits per heavy atom. The van der Waals surface area contributed by atoms with Crippen molar-refractivity contribution in [1.29, 1.82) is 0 Å². The lowest BCUT2D eigenvalue weighted by Crippen LogP contribution is -2.18. The Kier molecular flexibility index (Phi) is 13.8. The smallest absolute Gasteiger partial charge is 0.185 e. The van der Waals surface area contributed by atoms with Gasteiger partial charge in [-0.15, -0.1) is 12.6 Å². The van der Waals surface area contributed by atoms with Gasteiger partial charge in [0.2, 0.25) is 0 Å². The summed E-state index contributed by atoms with van der Waals surface area (Å²) in [5, 5.41) is 10.9. The van der Waals surface area contributed by atoms with E-state index in [0.717, 1.165) is 24.0 Å². The van der Waals surface area contributed by atoms with Gasteiger partial charge in [0.15, 0.2) is 5.12 Å². The molecule has 3 heteroatoms. The van der Waals surface area contributed by atoms with Crippen LogP contribution in [0.5, 0.6) is 5.75 Å². The molecule has 0 aromatic heterocycles. The standard InChI is InChI=1S/C30H52O2S/c1-29(2,3)25-22-24(23-26(28(25)32)30(4,5)6)20-18-16-14-12-10-8-7-9-11-13-15-17-19-21-27(31)33/h22-23,32H,7-21H2,1-6H3,(H,31,33). The predicted octanol–water partition coefficient (Wildman–Crippen LogP) is 9.45. The van der Waals surface area contributed by atoms with Gasteiger partial charge in [0, 0.05) is 6.42 Å². The molecule has 2 nitrogen and oxygen atoms in total.